The van der Waals surface area contributed by atoms with Crippen molar-refractivity contribution in [2.45, 2.75) is 19.8 Å². The van der Waals surface area contributed by atoms with Gasteiger partial charge in [0.1, 0.15) is 0 Å². The molecule has 2 nitrogen and oxygen atoms in total. The highest BCUT2D eigenvalue weighted by molar-refractivity contribution is 5.52. The molecule has 0 aliphatic rings. The average Bonchev–Trinajstić information content (AvgIpc) is 2.19. The molecular formula is C12H19NO. The molecule has 1 N–H and O–H groups in total. The van der Waals surface area contributed by atoms with Crippen LogP contribution in [0.15, 0.2) is 24.3 Å². The normalized spacial score (nSPS) is 10.6. The minimum atomic E-state index is 0.557. The molecule has 0 atom stereocenters. The van der Waals surface area contributed by atoms with E-state index in [0.717, 1.165) is 13.2 Å². The second kappa shape index (κ2) is 5.66. The van der Waals surface area contributed by atoms with E-state index in [9.17, 15) is 0 Å². The molecule has 0 bridgehead atoms. The SMILES string of the molecule is COCCNc1ccccc1C(C)C. The molecule has 1 rings (SSSR count). The molecular weight excluding hydrogens is 174 g/mol. The Hall–Kier alpha value is -1.02. The molecule has 0 amide bonds. The topological polar surface area (TPSA) is 21.3 Å². The molecule has 0 saturated carbocycles. The Kier molecular flexibility index (Phi) is 4.47. The summed E-state index contributed by atoms with van der Waals surface area (Å²) in [6.07, 6.45) is 0. The Balaban J connectivity index is 2.64. The zero-order valence-electron chi connectivity index (χ0n) is 9.21. The third-order valence-corrected chi connectivity index (χ3v) is 2.20. The molecule has 0 saturated heterocycles. The molecule has 1 aromatic rings. The van der Waals surface area contributed by atoms with Crippen molar-refractivity contribution in [3.63, 3.8) is 0 Å². The fourth-order valence-corrected chi connectivity index (χ4v) is 1.45. The molecule has 0 unspecified atom stereocenters. The van der Waals surface area contributed by atoms with Crippen LogP contribution in [-0.2, 0) is 4.74 Å². The number of benzene rings is 1. The Morgan fingerprint density at radius 2 is 2.00 bits per heavy atom. The summed E-state index contributed by atoms with van der Waals surface area (Å²) in [5.74, 6) is 0.557. The van der Waals surface area contributed by atoms with E-state index in [4.69, 9.17) is 4.74 Å². The smallest absolute Gasteiger partial charge is 0.0635 e. The van der Waals surface area contributed by atoms with Crippen LogP contribution >= 0.6 is 0 Å². The summed E-state index contributed by atoms with van der Waals surface area (Å²) in [6, 6.07) is 8.42. The van der Waals surface area contributed by atoms with Crippen molar-refractivity contribution in [2.75, 3.05) is 25.6 Å². The Bertz CT molecular complexity index is 271. The lowest BCUT2D eigenvalue weighted by atomic mass is 10.0. The Morgan fingerprint density at radius 3 is 2.64 bits per heavy atom. The van der Waals surface area contributed by atoms with E-state index in [2.05, 4.69) is 43.4 Å². The number of hydrogen-bond donors (Lipinski definition) is 1. The number of para-hydroxylation sites is 1. The molecule has 0 radical (unpaired) electrons. The fourth-order valence-electron chi connectivity index (χ4n) is 1.45. The van der Waals surface area contributed by atoms with Gasteiger partial charge < -0.3 is 10.1 Å². The molecule has 1 aromatic carbocycles. The van der Waals surface area contributed by atoms with E-state index >= 15 is 0 Å². The fraction of sp³-hybridized carbons (Fsp3) is 0.500. The first-order valence-corrected chi connectivity index (χ1v) is 5.07. The zero-order valence-corrected chi connectivity index (χ0v) is 9.21. The summed E-state index contributed by atoms with van der Waals surface area (Å²) in [7, 11) is 1.72. The minimum absolute atomic E-state index is 0.557. The summed E-state index contributed by atoms with van der Waals surface area (Å²) in [5, 5.41) is 3.37. The summed E-state index contributed by atoms with van der Waals surface area (Å²) >= 11 is 0. The van der Waals surface area contributed by atoms with Crippen LogP contribution in [0.3, 0.4) is 0 Å². The molecule has 0 spiro atoms. The quantitative estimate of drug-likeness (QED) is 0.726. The standard InChI is InChI=1S/C12H19NO/c1-10(2)11-6-4-5-7-12(11)13-8-9-14-3/h4-7,10,13H,8-9H2,1-3H3. The van der Waals surface area contributed by atoms with Crippen LogP contribution < -0.4 is 5.32 Å². The monoisotopic (exact) mass is 193 g/mol. The van der Waals surface area contributed by atoms with Crippen molar-refractivity contribution < 1.29 is 4.74 Å². The van der Waals surface area contributed by atoms with E-state index in [1.165, 1.54) is 11.3 Å². The maximum atomic E-state index is 5.00. The van der Waals surface area contributed by atoms with Crippen LogP contribution in [-0.4, -0.2) is 20.3 Å². The van der Waals surface area contributed by atoms with Crippen molar-refractivity contribution in [1.82, 2.24) is 0 Å². The van der Waals surface area contributed by atoms with Gasteiger partial charge in [-0.2, -0.15) is 0 Å². The minimum Gasteiger partial charge on any atom is -0.383 e. The van der Waals surface area contributed by atoms with Crippen LogP contribution in [0, 0.1) is 0 Å². The third kappa shape index (κ3) is 3.04. The summed E-state index contributed by atoms with van der Waals surface area (Å²) < 4.78 is 5.00. The molecule has 0 aliphatic heterocycles. The first-order valence-electron chi connectivity index (χ1n) is 5.07. The van der Waals surface area contributed by atoms with Crippen LogP contribution in [0.2, 0.25) is 0 Å². The van der Waals surface area contributed by atoms with E-state index in [0.29, 0.717) is 5.92 Å². The van der Waals surface area contributed by atoms with Gasteiger partial charge in [0.25, 0.3) is 0 Å². The second-order valence-electron chi connectivity index (χ2n) is 3.66. The highest BCUT2D eigenvalue weighted by Gasteiger charge is 2.03. The van der Waals surface area contributed by atoms with Crippen LogP contribution in [0.4, 0.5) is 5.69 Å². The van der Waals surface area contributed by atoms with Crippen molar-refractivity contribution in [3.05, 3.63) is 29.8 Å². The molecule has 0 aromatic heterocycles. The number of nitrogens with one attached hydrogen (secondary N) is 1. The van der Waals surface area contributed by atoms with E-state index in [-0.39, 0.29) is 0 Å². The molecule has 0 heterocycles. The van der Waals surface area contributed by atoms with Gasteiger partial charge in [0.15, 0.2) is 0 Å². The van der Waals surface area contributed by atoms with Crippen LogP contribution in [0.5, 0.6) is 0 Å². The van der Waals surface area contributed by atoms with Gasteiger partial charge in [0, 0.05) is 19.3 Å². The van der Waals surface area contributed by atoms with Crippen molar-refractivity contribution in [3.8, 4) is 0 Å². The van der Waals surface area contributed by atoms with Gasteiger partial charge >= 0.3 is 0 Å². The van der Waals surface area contributed by atoms with Gasteiger partial charge in [0.2, 0.25) is 0 Å². The predicted octanol–water partition coefficient (Wildman–Crippen LogP) is 2.87. The number of hydrogen-bond acceptors (Lipinski definition) is 2. The first-order chi connectivity index (χ1) is 6.75. The van der Waals surface area contributed by atoms with E-state index in [1.54, 1.807) is 7.11 Å². The van der Waals surface area contributed by atoms with Gasteiger partial charge in [-0.25, -0.2) is 0 Å². The lowest BCUT2D eigenvalue weighted by Crippen LogP contribution is -2.09. The highest BCUT2D eigenvalue weighted by Crippen LogP contribution is 2.23. The van der Waals surface area contributed by atoms with Crippen LogP contribution in [0.1, 0.15) is 25.3 Å². The van der Waals surface area contributed by atoms with Crippen molar-refractivity contribution in [1.29, 1.82) is 0 Å². The molecule has 78 valence electrons. The maximum Gasteiger partial charge on any atom is 0.0635 e. The van der Waals surface area contributed by atoms with E-state index < -0.39 is 0 Å². The second-order valence-corrected chi connectivity index (χ2v) is 3.66. The van der Waals surface area contributed by atoms with Gasteiger partial charge in [-0.1, -0.05) is 32.0 Å². The third-order valence-electron chi connectivity index (χ3n) is 2.20. The number of anilines is 1. The number of ether oxygens (including phenoxy) is 1. The Labute approximate surface area is 86.3 Å². The molecule has 2 heteroatoms. The molecule has 14 heavy (non-hydrogen) atoms. The lowest BCUT2D eigenvalue weighted by molar-refractivity contribution is 0.211. The zero-order chi connectivity index (χ0) is 10.4. The highest BCUT2D eigenvalue weighted by atomic mass is 16.5. The summed E-state index contributed by atoms with van der Waals surface area (Å²) in [5.41, 5.74) is 2.59. The summed E-state index contributed by atoms with van der Waals surface area (Å²) in [4.78, 5) is 0. The van der Waals surface area contributed by atoms with Crippen molar-refractivity contribution >= 4 is 5.69 Å². The van der Waals surface area contributed by atoms with E-state index in [1.807, 2.05) is 0 Å². The lowest BCUT2D eigenvalue weighted by Gasteiger charge is -2.13. The Morgan fingerprint density at radius 1 is 1.29 bits per heavy atom. The molecule has 0 fully saturated rings. The van der Waals surface area contributed by atoms with Gasteiger partial charge in [-0.3, -0.25) is 0 Å². The number of methoxy groups -OCH3 is 1. The van der Waals surface area contributed by atoms with Gasteiger partial charge in [-0.15, -0.1) is 0 Å². The van der Waals surface area contributed by atoms with Crippen molar-refractivity contribution in [2.24, 2.45) is 0 Å². The largest absolute Gasteiger partial charge is 0.383 e. The first kappa shape index (κ1) is 11.1. The number of rotatable bonds is 5. The predicted molar refractivity (Wildman–Crippen MR) is 60.9 cm³/mol. The average molecular weight is 193 g/mol. The van der Waals surface area contributed by atoms with Gasteiger partial charge in [0.05, 0.1) is 6.61 Å². The molecule has 0 aliphatic carbocycles. The van der Waals surface area contributed by atoms with Crippen LogP contribution in [0.25, 0.3) is 0 Å². The summed E-state index contributed by atoms with van der Waals surface area (Å²) in [6.45, 7) is 6.01. The maximum absolute atomic E-state index is 5.00. The van der Waals surface area contributed by atoms with Gasteiger partial charge in [-0.05, 0) is 17.5 Å².